The lowest BCUT2D eigenvalue weighted by Gasteiger charge is -2.07. The Morgan fingerprint density at radius 2 is 1.83 bits per heavy atom. The molecule has 1 aromatic heterocycles. The first-order valence-electron chi connectivity index (χ1n) is 8.16. The molecule has 2 N–H and O–H groups in total. The molecule has 24 heavy (non-hydrogen) atoms. The number of hydrogen-bond donors (Lipinski definition) is 2. The van der Waals surface area contributed by atoms with Crippen LogP contribution in [0, 0.1) is 0 Å². The van der Waals surface area contributed by atoms with Gasteiger partial charge in [0.2, 0.25) is 9.84 Å². The maximum Gasteiger partial charge on any atom is 0.208 e. The van der Waals surface area contributed by atoms with Crippen LogP contribution in [0.25, 0.3) is 10.9 Å². The molecule has 3 aromatic rings. The summed E-state index contributed by atoms with van der Waals surface area (Å²) in [5.41, 5.74) is 2.76. The molecule has 2 aromatic carbocycles. The SMILES string of the molecule is CCc1[nH]c2ccc(CCNC)cc2c1S(=O)(=O)c1ccccc1. The van der Waals surface area contributed by atoms with Gasteiger partial charge in [-0.05, 0) is 56.3 Å². The lowest BCUT2D eigenvalue weighted by atomic mass is 10.1. The Balaban J connectivity index is 2.21. The number of sulfone groups is 1. The summed E-state index contributed by atoms with van der Waals surface area (Å²) >= 11 is 0. The Kier molecular flexibility index (Phi) is 4.73. The summed E-state index contributed by atoms with van der Waals surface area (Å²) in [4.78, 5) is 4.03. The van der Waals surface area contributed by atoms with E-state index >= 15 is 0 Å². The molecule has 0 amide bonds. The lowest BCUT2D eigenvalue weighted by molar-refractivity contribution is 0.596. The zero-order valence-corrected chi connectivity index (χ0v) is 14.8. The molecule has 0 saturated carbocycles. The topological polar surface area (TPSA) is 62.0 Å². The number of likely N-dealkylation sites (N-methyl/N-ethyl adjacent to an activating group) is 1. The third-order valence-electron chi connectivity index (χ3n) is 4.23. The van der Waals surface area contributed by atoms with Crippen LogP contribution in [-0.2, 0) is 22.7 Å². The van der Waals surface area contributed by atoms with Crippen LogP contribution < -0.4 is 5.32 Å². The van der Waals surface area contributed by atoms with Gasteiger partial charge in [-0.25, -0.2) is 8.42 Å². The number of aromatic amines is 1. The molecule has 1 heterocycles. The van der Waals surface area contributed by atoms with Crippen molar-refractivity contribution >= 4 is 20.7 Å². The normalized spacial score (nSPS) is 11.9. The largest absolute Gasteiger partial charge is 0.357 e. The van der Waals surface area contributed by atoms with Crippen molar-refractivity contribution in [1.29, 1.82) is 0 Å². The smallest absolute Gasteiger partial charge is 0.208 e. The van der Waals surface area contributed by atoms with E-state index < -0.39 is 9.84 Å². The van der Waals surface area contributed by atoms with E-state index in [2.05, 4.69) is 16.4 Å². The fourth-order valence-electron chi connectivity index (χ4n) is 2.97. The number of fused-ring (bicyclic) bond motifs is 1. The molecule has 3 rings (SSSR count). The lowest BCUT2D eigenvalue weighted by Crippen LogP contribution is -2.10. The van der Waals surface area contributed by atoms with Crippen molar-refractivity contribution < 1.29 is 8.42 Å². The second kappa shape index (κ2) is 6.79. The summed E-state index contributed by atoms with van der Waals surface area (Å²) in [6.45, 7) is 2.83. The van der Waals surface area contributed by atoms with Crippen LogP contribution in [0.4, 0.5) is 0 Å². The Hall–Kier alpha value is -2.11. The minimum absolute atomic E-state index is 0.334. The van der Waals surface area contributed by atoms with E-state index in [9.17, 15) is 8.42 Å². The van der Waals surface area contributed by atoms with Crippen molar-refractivity contribution in [2.75, 3.05) is 13.6 Å². The second-order valence-corrected chi connectivity index (χ2v) is 7.72. The number of hydrogen-bond acceptors (Lipinski definition) is 3. The van der Waals surface area contributed by atoms with E-state index in [4.69, 9.17) is 0 Å². The molecule has 0 atom stereocenters. The summed E-state index contributed by atoms with van der Waals surface area (Å²) in [6.07, 6.45) is 1.51. The number of aryl methyl sites for hydroxylation is 1. The third-order valence-corrected chi connectivity index (χ3v) is 6.12. The van der Waals surface area contributed by atoms with Crippen molar-refractivity contribution in [3.8, 4) is 0 Å². The first kappa shape index (κ1) is 16.7. The van der Waals surface area contributed by atoms with E-state index in [-0.39, 0.29) is 0 Å². The summed E-state index contributed by atoms with van der Waals surface area (Å²) < 4.78 is 26.4. The fraction of sp³-hybridized carbons (Fsp3) is 0.263. The Bertz CT molecular complexity index is 944. The molecule has 0 aliphatic rings. The van der Waals surface area contributed by atoms with E-state index in [1.165, 1.54) is 0 Å². The maximum absolute atomic E-state index is 13.2. The van der Waals surface area contributed by atoms with Gasteiger partial charge in [0.15, 0.2) is 0 Å². The second-order valence-electron chi connectivity index (χ2n) is 5.84. The van der Waals surface area contributed by atoms with Crippen LogP contribution in [0.15, 0.2) is 58.3 Å². The van der Waals surface area contributed by atoms with E-state index in [1.54, 1.807) is 24.3 Å². The van der Waals surface area contributed by atoms with Crippen LogP contribution in [0.2, 0.25) is 0 Å². The molecule has 0 fully saturated rings. The van der Waals surface area contributed by atoms with E-state index in [0.717, 1.165) is 35.1 Å². The fourth-order valence-corrected chi connectivity index (χ4v) is 4.70. The van der Waals surface area contributed by atoms with E-state index in [0.29, 0.717) is 16.2 Å². The molecule has 0 aliphatic carbocycles. The predicted octanol–water partition coefficient (Wildman–Crippen LogP) is 3.33. The number of benzene rings is 2. The minimum atomic E-state index is -3.55. The first-order valence-corrected chi connectivity index (χ1v) is 9.64. The van der Waals surface area contributed by atoms with Crippen LogP contribution >= 0.6 is 0 Å². The molecule has 0 saturated heterocycles. The molecule has 0 unspecified atom stereocenters. The van der Waals surface area contributed by atoms with Crippen LogP contribution in [0.1, 0.15) is 18.2 Å². The van der Waals surface area contributed by atoms with Gasteiger partial charge in [-0.3, -0.25) is 0 Å². The molecule has 4 nitrogen and oxygen atoms in total. The molecular formula is C19H22N2O2S. The zero-order valence-electron chi connectivity index (χ0n) is 14.0. The molecule has 0 radical (unpaired) electrons. The van der Waals surface area contributed by atoms with Gasteiger partial charge in [-0.2, -0.15) is 0 Å². The summed E-state index contributed by atoms with van der Waals surface area (Å²) in [5.74, 6) is 0. The highest BCUT2D eigenvalue weighted by Crippen LogP contribution is 2.32. The Morgan fingerprint density at radius 3 is 2.50 bits per heavy atom. The molecular weight excluding hydrogens is 320 g/mol. The van der Waals surface area contributed by atoms with E-state index in [1.807, 2.05) is 32.2 Å². The average molecular weight is 342 g/mol. The standard InChI is InChI=1S/C19H22N2O2S/c1-3-17-19(24(22,23)15-7-5-4-6-8-15)16-13-14(11-12-20-2)9-10-18(16)21-17/h4-10,13,20-21H,3,11-12H2,1-2H3. The number of rotatable bonds is 6. The van der Waals surface area contributed by atoms with Crippen LogP contribution in [-0.4, -0.2) is 27.0 Å². The number of nitrogens with one attached hydrogen (secondary N) is 2. The van der Waals surface area contributed by atoms with Crippen molar-refractivity contribution in [2.45, 2.75) is 29.6 Å². The van der Waals surface area contributed by atoms with Gasteiger partial charge >= 0.3 is 0 Å². The highest BCUT2D eigenvalue weighted by Gasteiger charge is 2.25. The quantitative estimate of drug-likeness (QED) is 0.722. The minimum Gasteiger partial charge on any atom is -0.357 e. The summed E-state index contributed by atoms with van der Waals surface area (Å²) in [7, 11) is -1.64. The summed E-state index contributed by atoms with van der Waals surface area (Å²) in [6, 6.07) is 14.7. The van der Waals surface area contributed by atoms with Gasteiger partial charge in [-0.15, -0.1) is 0 Å². The Labute approximate surface area is 142 Å². The van der Waals surface area contributed by atoms with Gasteiger partial charge in [-0.1, -0.05) is 31.2 Å². The molecule has 5 heteroatoms. The molecule has 0 spiro atoms. The van der Waals surface area contributed by atoms with Gasteiger partial charge in [0, 0.05) is 16.6 Å². The molecule has 0 bridgehead atoms. The van der Waals surface area contributed by atoms with Gasteiger partial charge in [0.25, 0.3) is 0 Å². The number of H-pyrrole nitrogens is 1. The number of aromatic nitrogens is 1. The summed E-state index contributed by atoms with van der Waals surface area (Å²) in [5, 5.41) is 3.91. The van der Waals surface area contributed by atoms with Gasteiger partial charge in [0.05, 0.1) is 4.90 Å². The molecule has 0 aliphatic heterocycles. The predicted molar refractivity (Wildman–Crippen MR) is 97.2 cm³/mol. The highest BCUT2D eigenvalue weighted by molar-refractivity contribution is 7.91. The van der Waals surface area contributed by atoms with Crippen molar-refractivity contribution in [3.05, 3.63) is 59.8 Å². The Morgan fingerprint density at radius 1 is 1.08 bits per heavy atom. The van der Waals surface area contributed by atoms with Crippen molar-refractivity contribution in [1.82, 2.24) is 10.3 Å². The third kappa shape index (κ3) is 2.97. The highest BCUT2D eigenvalue weighted by atomic mass is 32.2. The zero-order chi connectivity index (χ0) is 17.2. The van der Waals surface area contributed by atoms with Crippen molar-refractivity contribution in [2.24, 2.45) is 0 Å². The monoisotopic (exact) mass is 342 g/mol. The van der Waals surface area contributed by atoms with Crippen LogP contribution in [0.3, 0.4) is 0 Å². The average Bonchev–Trinajstić information content (AvgIpc) is 2.99. The maximum atomic E-state index is 13.2. The van der Waals surface area contributed by atoms with Gasteiger partial charge in [0.1, 0.15) is 4.90 Å². The first-order chi connectivity index (χ1) is 11.6. The van der Waals surface area contributed by atoms with Gasteiger partial charge < -0.3 is 10.3 Å². The van der Waals surface area contributed by atoms with Crippen LogP contribution in [0.5, 0.6) is 0 Å². The van der Waals surface area contributed by atoms with Crippen molar-refractivity contribution in [3.63, 3.8) is 0 Å². The molecule has 126 valence electrons.